The van der Waals surface area contributed by atoms with Gasteiger partial charge in [0.15, 0.2) is 0 Å². The molecule has 0 N–H and O–H groups in total. The summed E-state index contributed by atoms with van der Waals surface area (Å²) in [6.07, 6.45) is 1.57. The Morgan fingerprint density at radius 1 is 1.15 bits per heavy atom. The van der Waals surface area contributed by atoms with Crippen molar-refractivity contribution in [3.05, 3.63) is 57.6 Å². The van der Waals surface area contributed by atoms with Crippen molar-refractivity contribution in [2.45, 2.75) is 17.7 Å². The summed E-state index contributed by atoms with van der Waals surface area (Å²) in [6.45, 7) is 0.512. The topological polar surface area (TPSA) is 57.7 Å². The number of rotatable bonds is 3. The minimum atomic E-state index is -3.62. The number of hydrogen-bond donors (Lipinski definition) is 0. The fraction of sp³-hybridized carbons (Fsp3) is 0.278. The number of halogens is 2. The summed E-state index contributed by atoms with van der Waals surface area (Å²) in [5, 5.41) is 0.944. The van der Waals surface area contributed by atoms with E-state index in [1.807, 2.05) is 6.07 Å². The maximum Gasteiger partial charge on any atom is 0.258 e. The molecule has 0 radical (unpaired) electrons. The third-order valence-electron chi connectivity index (χ3n) is 4.31. The lowest BCUT2D eigenvalue weighted by Crippen LogP contribution is -2.36. The predicted molar refractivity (Wildman–Crippen MR) is 104 cm³/mol. The fourth-order valence-corrected chi connectivity index (χ4v) is 4.60. The lowest BCUT2D eigenvalue weighted by Gasteiger charge is -2.30. The van der Waals surface area contributed by atoms with Gasteiger partial charge < -0.3 is 4.90 Å². The highest BCUT2D eigenvalue weighted by atomic mass is 35.5. The molecule has 0 saturated carbocycles. The highest BCUT2D eigenvalue weighted by molar-refractivity contribution is 7.89. The fourth-order valence-electron chi connectivity index (χ4n) is 3.01. The number of benzene rings is 2. The summed E-state index contributed by atoms with van der Waals surface area (Å²) in [6, 6.07) is 9.47. The van der Waals surface area contributed by atoms with Crippen LogP contribution in [0.2, 0.25) is 10.0 Å². The molecule has 0 fully saturated rings. The molecule has 2 aromatic rings. The van der Waals surface area contributed by atoms with Crippen LogP contribution in [-0.4, -0.2) is 39.3 Å². The number of nitrogens with zero attached hydrogens (tertiary/aromatic N) is 2. The zero-order valence-electron chi connectivity index (χ0n) is 14.4. The van der Waals surface area contributed by atoms with Crippen LogP contribution in [0.25, 0.3) is 0 Å². The summed E-state index contributed by atoms with van der Waals surface area (Å²) in [5.41, 5.74) is 1.86. The molecule has 138 valence electrons. The van der Waals surface area contributed by atoms with Crippen LogP contribution in [0.5, 0.6) is 0 Å². The van der Waals surface area contributed by atoms with Crippen molar-refractivity contribution in [1.29, 1.82) is 0 Å². The van der Waals surface area contributed by atoms with Gasteiger partial charge in [0.05, 0.1) is 15.6 Å². The molecule has 0 aliphatic carbocycles. The van der Waals surface area contributed by atoms with Gasteiger partial charge in [-0.25, -0.2) is 12.7 Å². The third kappa shape index (κ3) is 3.47. The molecule has 0 bridgehead atoms. The Hall–Kier alpha value is -1.60. The first-order chi connectivity index (χ1) is 12.2. The lowest BCUT2D eigenvalue weighted by molar-refractivity contribution is 0.0985. The largest absolute Gasteiger partial charge is 0.307 e. The van der Waals surface area contributed by atoms with Crippen LogP contribution in [0.15, 0.2) is 41.3 Å². The number of carbonyl (C=O) groups excluding carboxylic acids is 1. The first-order valence-electron chi connectivity index (χ1n) is 8.04. The Bertz CT molecular complexity index is 974. The maximum atomic E-state index is 13.1. The van der Waals surface area contributed by atoms with E-state index < -0.39 is 10.0 Å². The first kappa shape index (κ1) is 19.2. The van der Waals surface area contributed by atoms with Gasteiger partial charge in [0.25, 0.3) is 5.91 Å². The van der Waals surface area contributed by atoms with Gasteiger partial charge in [0, 0.05) is 31.2 Å². The second-order valence-electron chi connectivity index (χ2n) is 6.27. The molecule has 3 rings (SSSR count). The number of amides is 1. The highest BCUT2D eigenvalue weighted by Gasteiger charge is 2.27. The standard InChI is InChI=1S/C18H18Cl2N2O3S/c1-21(2)26(24,25)15-7-3-5-13(10-15)18(23)22-8-4-6-12-9-14(19)11-16(20)17(12)22/h3,5,7,9-11H,4,6,8H2,1-2H3. The van der Waals surface area contributed by atoms with Gasteiger partial charge >= 0.3 is 0 Å². The van der Waals surface area contributed by atoms with Crippen LogP contribution in [0.4, 0.5) is 5.69 Å². The second-order valence-corrected chi connectivity index (χ2v) is 9.27. The normalized spacial score (nSPS) is 14.4. The van der Waals surface area contributed by atoms with Crippen LogP contribution in [0.3, 0.4) is 0 Å². The van der Waals surface area contributed by atoms with Gasteiger partial charge in [0.2, 0.25) is 10.0 Å². The lowest BCUT2D eigenvalue weighted by atomic mass is 10.0. The van der Waals surface area contributed by atoms with Gasteiger partial charge in [-0.2, -0.15) is 0 Å². The number of sulfonamides is 1. The van der Waals surface area contributed by atoms with E-state index in [2.05, 4.69) is 0 Å². The average molecular weight is 413 g/mol. The van der Waals surface area contributed by atoms with Crippen molar-refractivity contribution in [3.63, 3.8) is 0 Å². The molecule has 26 heavy (non-hydrogen) atoms. The molecule has 0 saturated heterocycles. The summed E-state index contributed by atoms with van der Waals surface area (Å²) in [5.74, 6) is -0.286. The summed E-state index contributed by atoms with van der Waals surface area (Å²) in [4.78, 5) is 14.7. The van der Waals surface area contributed by atoms with Crippen LogP contribution in [-0.2, 0) is 16.4 Å². The molecule has 0 spiro atoms. The van der Waals surface area contributed by atoms with Gasteiger partial charge in [-0.1, -0.05) is 29.3 Å². The van der Waals surface area contributed by atoms with E-state index in [1.165, 1.54) is 26.2 Å². The SMILES string of the molecule is CN(C)S(=O)(=O)c1cccc(C(=O)N2CCCc3cc(Cl)cc(Cl)c32)c1. The Labute approximate surface area is 163 Å². The van der Waals surface area contributed by atoms with Crippen molar-refractivity contribution in [2.24, 2.45) is 0 Å². The predicted octanol–water partition coefficient (Wildman–Crippen LogP) is 3.84. The van der Waals surface area contributed by atoms with Gasteiger partial charge in [-0.3, -0.25) is 4.79 Å². The van der Waals surface area contributed by atoms with Crippen molar-refractivity contribution < 1.29 is 13.2 Å². The molecule has 1 heterocycles. The minimum Gasteiger partial charge on any atom is -0.307 e. The molecule has 8 heteroatoms. The Balaban J connectivity index is 2.03. The molecule has 0 unspecified atom stereocenters. The maximum absolute atomic E-state index is 13.1. The molecule has 1 aliphatic rings. The van der Waals surface area contributed by atoms with E-state index in [0.29, 0.717) is 27.8 Å². The quantitative estimate of drug-likeness (QED) is 0.769. The Morgan fingerprint density at radius 2 is 1.88 bits per heavy atom. The second kappa shape index (κ2) is 7.19. The van der Waals surface area contributed by atoms with Crippen molar-refractivity contribution in [1.82, 2.24) is 4.31 Å². The first-order valence-corrected chi connectivity index (χ1v) is 10.2. The van der Waals surface area contributed by atoms with E-state index >= 15 is 0 Å². The van der Waals surface area contributed by atoms with Crippen LogP contribution < -0.4 is 4.90 Å². The summed E-state index contributed by atoms with van der Waals surface area (Å²) in [7, 11) is -0.714. The molecule has 1 amide bonds. The van der Waals surface area contributed by atoms with E-state index in [9.17, 15) is 13.2 Å². The number of fused-ring (bicyclic) bond motifs is 1. The van der Waals surface area contributed by atoms with E-state index in [0.717, 1.165) is 22.7 Å². The summed E-state index contributed by atoms with van der Waals surface area (Å²) < 4.78 is 25.8. The van der Waals surface area contributed by atoms with E-state index in [-0.39, 0.29) is 10.8 Å². The van der Waals surface area contributed by atoms with Crippen molar-refractivity contribution in [3.8, 4) is 0 Å². The van der Waals surface area contributed by atoms with E-state index in [1.54, 1.807) is 23.1 Å². The molecule has 0 aromatic heterocycles. The molecule has 1 aliphatic heterocycles. The van der Waals surface area contributed by atoms with Crippen LogP contribution >= 0.6 is 23.2 Å². The van der Waals surface area contributed by atoms with Crippen LogP contribution in [0, 0.1) is 0 Å². The van der Waals surface area contributed by atoms with Crippen LogP contribution in [0.1, 0.15) is 22.3 Å². The summed E-state index contributed by atoms with van der Waals surface area (Å²) >= 11 is 12.4. The Kier molecular flexibility index (Phi) is 5.30. The van der Waals surface area contributed by atoms with E-state index in [4.69, 9.17) is 23.2 Å². The van der Waals surface area contributed by atoms with Crippen molar-refractivity contribution >= 4 is 44.8 Å². The van der Waals surface area contributed by atoms with Gasteiger partial charge in [-0.15, -0.1) is 0 Å². The third-order valence-corrected chi connectivity index (χ3v) is 6.63. The number of carbonyl (C=O) groups is 1. The zero-order chi connectivity index (χ0) is 19.1. The average Bonchev–Trinajstić information content (AvgIpc) is 2.60. The number of hydrogen-bond acceptors (Lipinski definition) is 3. The highest BCUT2D eigenvalue weighted by Crippen LogP contribution is 2.37. The molecule has 0 atom stereocenters. The van der Waals surface area contributed by atoms with Crippen molar-refractivity contribution in [2.75, 3.05) is 25.5 Å². The number of aryl methyl sites for hydroxylation is 1. The minimum absolute atomic E-state index is 0.0767. The van der Waals surface area contributed by atoms with Gasteiger partial charge in [-0.05, 0) is 48.7 Å². The van der Waals surface area contributed by atoms with Gasteiger partial charge in [0.1, 0.15) is 0 Å². The molecular formula is C18H18Cl2N2O3S. The smallest absolute Gasteiger partial charge is 0.258 e. The zero-order valence-corrected chi connectivity index (χ0v) is 16.7. The molecule has 5 nitrogen and oxygen atoms in total. The molecular weight excluding hydrogens is 395 g/mol. The monoisotopic (exact) mass is 412 g/mol. The molecule has 2 aromatic carbocycles. The Morgan fingerprint density at radius 3 is 2.58 bits per heavy atom. The number of anilines is 1.